The van der Waals surface area contributed by atoms with E-state index in [0.717, 1.165) is 0 Å². The van der Waals surface area contributed by atoms with Gasteiger partial charge in [0.25, 0.3) is 0 Å². The molecule has 0 saturated heterocycles. The number of aromatic nitrogens is 2. The van der Waals surface area contributed by atoms with Gasteiger partial charge in [0.2, 0.25) is 22.8 Å². The van der Waals surface area contributed by atoms with Gasteiger partial charge < -0.3 is 8.94 Å². The molecule has 2 aromatic rings. The Bertz CT molecular complexity index is 489. The second kappa shape index (κ2) is 2.07. The number of aromatic amines is 1. The van der Waals surface area contributed by atoms with Crippen LogP contribution in [0.2, 0.25) is 0 Å². The third-order valence-corrected chi connectivity index (χ3v) is 1.38. The highest BCUT2D eigenvalue weighted by Gasteiger charge is 2.17. The molecule has 2 rings (SSSR count). The predicted octanol–water partition coefficient (Wildman–Crippen LogP) is 0.312. The van der Waals surface area contributed by atoms with E-state index >= 15 is 0 Å². The molecule has 0 radical (unpaired) electrons. The molecule has 6 heteroatoms. The molecule has 0 aliphatic carbocycles. The standard InChI is InChI=1S/C6H4N2O4/c1-2(9)3-4-5(8-12-3)7-6(10)11-4/h1H3,(H,7,8,10). The lowest BCUT2D eigenvalue weighted by Crippen LogP contribution is -1.94. The topological polar surface area (TPSA) is 89.1 Å². The first-order valence-corrected chi connectivity index (χ1v) is 3.18. The Hall–Kier alpha value is -1.85. The summed E-state index contributed by atoms with van der Waals surface area (Å²) < 4.78 is 9.22. The van der Waals surface area contributed by atoms with Gasteiger partial charge >= 0.3 is 5.76 Å². The number of carbonyl (C=O) groups is 1. The minimum Gasteiger partial charge on any atom is -0.402 e. The third-order valence-electron chi connectivity index (χ3n) is 1.38. The van der Waals surface area contributed by atoms with E-state index in [4.69, 9.17) is 0 Å². The number of rotatable bonds is 1. The summed E-state index contributed by atoms with van der Waals surface area (Å²) in [6.07, 6.45) is 0. The molecule has 0 unspecified atom stereocenters. The fraction of sp³-hybridized carbons (Fsp3) is 0.167. The molecular formula is C6H4N2O4. The number of Topliss-reactive ketones (excluding diaryl/α,β-unsaturated/α-hetero) is 1. The van der Waals surface area contributed by atoms with E-state index in [0.29, 0.717) is 0 Å². The zero-order valence-corrected chi connectivity index (χ0v) is 6.08. The van der Waals surface area contributed by atoms with Crippen molar-refractivity contribution in [3.05, 3.63) is 16.3 Å². The highest BCUT2D eigenvalue weighted by Crippen LogP contribution is 2.14. The highest BCUT2D eigenvalue weighted by molar-refractivity contribution is 6.00. The Morgan fingerprint density at radius 1 is 1.58 bits per heavy atom. The van der Waals surface area contributed by atoms with Crippen molar-refractivity contribution in [2.75, 3.05) is 0 Å². The molecule has 0 atom stereocenters. The van der Waals surface area contributed by atoms with E-state index in [1.807, 2.05) is 0 Å². The first-order chi connectivity index (χ1) is 5.68. The molecule has 62 valence electrons. The molecule has 0 amide bonds. The Morgan fingerprint density at radius 3 is 3.00 bits per heavy atom. The van der Waals surface area contributed by atoms with E-state index in [2.05, 4.69) is 19.1 Å². The number of H-pyrrole nitrogens is 1. The molecule has 12 heavy (non-hydrogen) atoms. The average Bonchev–Trinajstić information content (AvgIpc) is 2.43. The lowest BCUT2D eigenvalue weighted by Gasteiger charge is -1.80. The molecule has 0 spiro atoms. The number of carbonyl (C=O) groups excluding carboxylic acids is 1. The van der Waals surface area contributed by atoms with Crippen LogP contribution in [0.3, 0.4) is 0 Å². The quantitative estimate of drug-likeness (QED) is 0.619. The maximum Gasteiger partial charge on any atom is 0.418 e. The van der Waals surface area contributed by atoms with Crippen molar-refractivity contribution >= 4 is 17.0 Å². The molecule has 0 bridgehead atoms. The van der Waals surface area contributed by atoms with Gasteiger partial charge in [0, 0.05) is 6.92 Å². The van der Waals surface area contributed by atoms with Gasteiger partial charge in [-0.3, -0.25) is 9.78 Å². The largest absolute Gasteiger partial charge is 0.418 e. The zero-order chi connectivity index (χ0) is 8.72. The Kier molecular flexibility index (Phi) is 1.18. The van der Waals surface area contributed by atoms with Gasteiger partial charge in [0.15, 0.2) is 0 Å². The SMILES string of the molecule is CC(=O)c1onc2[nH]c(=O)oc12. The summed E-state index contributed by atoms with van der Waals surface area (Å²) in [7, 11) is 0. The van der Waals surface area contributed by atoms with Gasteiger partial charge in [-0.1, -0.05) is 5.16 Å². The Balaban J connectivity index is 2.85. The smallest absolute Gasteiger partial charge is 0.402 e. The van der Waals surface area contributed by atoms with E-state index in [1.54, 1.807) is 0 Å². The first kappa shape index (κ1) is 6.84. The number of oxazole rings is 1. The summed E-state index contributed by atoms with van der Waals surface area (Å²) >= 11 is 0. The van der Waals surface area contributed by atoms with Crippen LogP contribution in [0.25, 0.3) is 11.2 Å². The van der Waals surface area contributed by atoms with E-state index < -0.39 is 5.76 Å². The number of hydrogen-bond acceptors (Lipinski definition) is 5. The predicted molar refractivity (Wildman–Crippen MR) is 36.9 cm³/mol. The molecule has 0 aliphatic heterocycles. The summed E-state index contributed by atoms with van der Waals surface area (Å²) in [5, 5.41) is 3.42. The summed E-state index contributed by atoms with van der Waals surface area (Å²) in [6.45, 7) is 1.30. The van der Waals surface area contributed by atoms with Crippen LogP contribution in [0, 0.1) is 0 Å². The Labute approximate surface area is 65.1 Å². The third kappa shape index (κ3) is 0.777. The molecule has 1 N–H and O–H groups in total. The van der Waals surface area contributed by atoms with Crippen LogP contribution in [0.15, 0.2) is 13.7 Å². The molecule has 0 fully saturated rings. The van der Waals surface area contributed by atoms with Gasteiger partial charge in [-0.15, -0.1) is 0 Å². The molecule has 0 saturated carbocycles. The number of hydrogen-bond donors (Lipinski definition) is 1. The van der Waals surface area contributed by atoms with Gasteiger partial charge in [-0.2, -0.15) is 0 Å². The van der Waals surface area contributed by atoms with Crippen LogP contribution in [-0.4, -0.2) is 15.9 Å². The van der Waals surface area contributed by atoms with Gasteiger partial charge in [-0.25, -0.2) is 4.79 Å². The monoisotopic (exact) mass is 168 g/mol. The normalized spacial score (nSPS) is 10.8. The van der Waals surface area contributed by atoms with Crippen molar-refractivity contribution in [1.29, 1.82) is 0 Å². The molecule has 2 aromatic heterocycles. The lowest BCUT2D eigenvalue weighted by atomic mass is 10.3. The van der Waals surface area contributed by atoms with Crippen LogP contribution in [0.5, 0.6) is 0 Å². The first-order valence-electron chi connectivity index (χ1n) is 3.18. The second-order valence-electron chi connectivity index (χ2n) is 2.26. The highest BCUT2D eigenvalue weighted by atomic mass is 16.5. The fourth-order valence-corrected chi connectivity index (χ4v) is 0.895. The fourth-order valence-electron chi connectivity index (χ4n) is 0.895. The number of nitrogens with zero attached hydrogens (tertiary/aromatic N) is 1. The van der Waals surface area contributed by atoms with Gasteiger partial charge in [-0.05, 0) is 0 Å². The summed E-state index contributed by atoms with van der Waals surface area (Å²) in [5.41, 5.74) is 0.234. The van der Waals surface area contributed by atoms with Crippen LogP contribution >= 0.6 is 0 Å². The molecular weight excluding hydrogens is 164 g/mol. The second-order valence-corrected chi connectivity index (χ2v) is 2.26. The molecule has 2 heterocycles. The summed E-state index contributed by atoms with van der Waals surface area (Å²) in [5.74, 6) is -1.02. The minimum atomic E-state index is -0.647. The lowest BCUT2D eigenvalue weighted by molar-refractivity contribution is 0.0979. The van der Waals surface area contributed by atoms with E-state index in [1.165, 1.54) is 6.92 Å². The van der Waals surface area contributed by atoms with Crippen molar-refractivity contribution in [2.24, 2.45) is 0 Å². The van der Waals surface area contributed by atoms with Crippen LogP contribution in [0.1, 0.15) is 17.5 Å². The van der Waals surface area contributed by atoms with Crippen molar-refractivity contribution in [2.45, 2.75) is 6.92 Å². The van der Waals surface area contributed by atoms with Crippen LogP contribution in [-0.2, 0) is 0 Å². The molecule has 0 aromatic carbocycles. The van der Waals surface area contributed by atoms with Crippen molar-refractivity contribution in [3.63, 3.8) is 0 Å². The van der Waals surface area contributed by atoms with Crippen LogP contribution in [0.4, 0.5) is 0 Å². The summed E-state index contributed by atoms with van der Waals surface area (Å²) in [6, 6.07) is 0. The molecule has 0 aliphatic rings. The van der Waals surface area contributed by atoms with Crippen molar-refractivity contribution < 1.29 is 13.7 Å². The van der Waals surface area contributed by atoms with E-state index in [-0.39, 0.29) is 22.8 Å². The maximum absolute atomic E-state index is 10.8. The van der Waals surface area contributed by atoms with Crippen LogP contribution < -0.4 is 5.76 Å². The number of ketones is 1. The maximum atomic E-state index is 10.8. The summed E-state index contributed by atoms with van der Waals surface area (Å²) in [4.78, 5) is 23.7. The van der Waals surface area contributed by atoms with Crippen molar-refractivity contribution in [1.82, 2.24) is 10.1 Å². The van der Waals surface area contributed by atoms with Gasteiger partial charge in [0.05, 0.1) is 0 Å². The van der Waals surface area contributed by atoms with E-state index in [9.17, 15) is 9.59 Å². The zero-order valence-electron chi connectivity index (χ0n) is 6.08. The Morgan fingerprint density at radius 2 is 2.33 bits per heavy atom. The number of nitrogens with one attached hydrogen (secondary N) is 1. The minimum absolute atomic E-state index is 0.0386. The van der Waals surface area contributed by atoms with Crippen molar-refractivity contribution in [3.8, 4) is 0 Å². The molecule has 6 nitrogen and oxygen atoms in total. The average molecular weight is 168 g/mol. The number of fused-ring (bicyclic) bond motifs is 1. The van der Waals surface area contributed by atoms with Gasteiger partial charge in [0.1, 0.15) is 0 Å².